The van der Waals surface area contributed by atoms with Crippen LogP contribution in [0.25, 0.3) is 22.4 Å². The Morgan fingerprint density at radius 3 is 2.48 bits per heavy atom. The van der Waals surface area contributed by atoms with Gasteiger partial charge in [0.25, 0.3) is 10.7 Å². The van der Waals surface area contributed by atoms with E-state index in [1.807, 2.05) is 31.3 Å². The van der Waals surface area contributed by atoms with Crippen LogP contribution in [0.15, 0.2) is 48.5 Å². The van der Waals surface area contributed by atoms with E-state index in [-0.39, 0.29) is 10.6 Å². The highest BCUT2D eigenvalue weighted by Crippen LogP contribution is 2.21. The van der Waals surface area contributed by atoms with Crippen molar-refractivity contribution in [3.63, 3.8) is 0 Å². The summed E-state index contributed by atoms with van der Waals surface area (Å²) in [6.45, 7) is 0. The fraction of sp³-hybridized carbons (Fsp3) is 0.0625. The summed E-state index contributed by atoms with van der Waals surface area (Å²) in [4.78, 5) is 10.2. The molecule has 0 bridgehead atoms. The minimum atomic E-state index is -0.389. The first-order valence-electron chi connectivity index (χ1n) is 6.45. The Balaban J connectivity index is 1.90. The molecule has 0 radical (unpaired) electrons. The molecule has 0 spiro atoms. The molecule has 0 atom stereocenters. The molecule has 21 heavy (non-hydrogen) atoms. The Morgan fingerprint density at radius 1 is 1.10 bits per heavy atom. The summed E-state index contributed by atoms with van der Waals surface area (Å²) in [7, 11) is 2.04. The number of benzene rings is 2. The van der Waals surface area contributed by atoms with Crippen molar-refractivity contribution in [2.75, 3.05) is 0 Å². The molecule has 0 amide bonds. The molecular weight excluding hydrogens is 284 g/mol. The molecule has 3 aromatic rings. The van der Waals surface area contributed by atoms with Crippen molar-refractivity contribution >= 4 is 39.4 Å². The number of rotatable bonds is 3. The van der Waals surface area contributed by atoms with E-state index in [4.69, 9.17) is 0 Å². The fourth-order valence-electron chi connectivity index (χ4n) is 2.14. The van der Waals surface area contributed by atoms with Crippen LogP contribution >= 0.6 is 11.3 Å². The Morgan fingerprint density at radius 2 is 1.81 bits per heavy atom. The number of hydrogen-bond acceptors (Lipinski definition) is 3. The Bertz CT molecular complexity index is 835. The predicted octanol–water partition coefficient (Wildman–Crippen LogP) is 3.80. The van der Waals surface area contributed by atoms with Crippen molar-refractivity contribution < 1.29 is 9.49 Å². The number of non-ortho nitro benzene ring substituents is 1. The van der Waals surface area contributed by atoms with Crippen molar-refractivity contribution in [3.05, 3.63) is 69.2 Å². The van der Waals surface area contributed by atoms with E-state index in [1.54, 1.807) is 23.5 Å². The van der Waals surface area contributed by atoms with Gasteiger partial charge >= 0.3 is 0 Å². The maximum Gasteiger partial charge on any atom is 0.269 e. The molecule has 0 fully saturated rings. The maximum absolute atomic E-state index is 10.6. The molecule has 0 saturated carbocycles. The summed E-state index contributed by atoms with van der Waals surface area (Å²) in [5.41, 5.74) is 2.25. The third kappa shape index (κ3) is 2.68. The van der Waals surface area contributed by atoms with Gasteiger partial charge in [-0.25, -0.2) is 0 Å². The molecule has 1 aromatic heterocycles. The summed E-state index contributed by atoms with van der Waals surface area (Å²) < 4.78 is 3.38. The number of aromatic nitrogens is 1. The van der Waals surface area contributed by atoms with Crippen LogP contribution in [0, 0.1) is 10.1 Å². The Labute approximate surface area is 125 Å². The third-order valence-corrected chi connectivity index (χ3v) is 4.48. The van der Waals surface area contributed by atoms with E-state index in [2.05, 4.69) is 16.7 Å². The average Bonchev–Trinajstić information content (AvgIpc) is 2.82. The predicted molar refractivity (Wildman–Crippen MR) is 85.0 cm³/mol. The summed E-state index contributed by atoms with van der Waals surface area (Å²) >= 11 is 1.72. The number of nitro benzene ring substituents is 1. The van der Waals surface area contributed by atoms with E-state index in [9.17, 15) is 10.1 Å². The van der Waals surface area contributed by atoms with E-state index < -0.39 is 0 Å². The number of para-hydroxylation sites is 1. The highest BCUT2D eigenvalue weighted by atomic mass is 32.1. The molecule has 0 N–H and O–H groups in total. The van der Waals surface area contributed by atoms with Crippen molar-refractivity contribution in [1.29, 1.82) is 0 Å². The number of nitrogens with zero attached hydrogens (tertiary/aromatic N) is 2. The molecule has 2 aromatic carbocycles. The Kier molecular flexibility index (Phi) is 3.50. The van der Waals surface area contributed by atoms with E-state index in [1.165, 1.54) is 22.3 Å². The smallest absolute Gasteiger partial charge is 0.258 e. The second-order valence-corrected chi connectivity index (χ2v) is 5.71. The number of fused-ring (bicyclic) bond motifs is 1. The van der Waals surface area contributed by atoms with Gasteiger partial charge in [-0.05, 0) is 29.8 Å². The molecule has 0 saturated heterocycles. The van der Waals surface area contributed by atoms with Gasteiger partial charge in [0, 0.05) is 24.3 Å². The lowest BCUT2D eigenvalue weighted by Crippen LogP contribution is -2.28. The molecule has 0 unspecified atom stereocenters. The molecule has 5 heteroatoms. The maximum atomic E-state index is 10.6. The van der Waals surface area contributed by atoms with Crippen LogP contribution in [0.5, 0.6) is 0 Å². The molecule has 4 nitrogen and oxygen atoms in total. The fourth-order valence-corrected chi connectivity index (χ4v) is 3.19. The number of aryl methyl sites for hydroxylation is 1. The molecule has 104 valence electrons. The zero-order valence-corrected chi connectivity index (χ0v) is 12.2. The van der Waals surface area contributed by atoms with Crippen molar-refractivity contribution in [1.82, 2.24) is 0 Å². The first-order chi connectivity index (χ1) is 10.1. The number of hydrogen-bond donors (Lipinski definition) is 0. The van der Waals surface area contributed by atoms with Gasteiger partial charge in [-0.2, -0.15) is 4.57 Å². The minimum Gasteiger partial charge on any atom is -0.258 e. The van der Waals surface area contributed by atoms with Crippen LogP contribution in [0.3, 0.4) is 0 Å². The molecule has 0 aliphatic heterocycles. The van der Waals surface area contributed by atoms with Crippen molar-refractivity contribution in [2.24, 2.45) is 7.05 Å². The number of thiazole rings is 1. The van der Waals surface area contributed by atoms with E-state index in [0.717, 1.165) is 10.6 Å². The highest BCUT2D eigenvalue weighted by Gasteiger charge is 2.13. The van der Waals surface area contributed by atoms with E-state index in [0.29, 0.717) is 0 Å². The second kappa shape index (κ2) is 5.46. The Hall–Kier alpha value is -2.53. The lowest BCUT2D eigenvalue weighted by atomic mass is 10.2. The normalized spacial score (nSPS) is 11.3. The minimum absolute atomic E-state index is 0.111. The van der Waals surface area contributed by atoms with Crippen LogP contribution in [-0.4, -0.2) is 4.92 Å². The molecule has 3 rings (SSSR count). The standard InChI is InChI=1S/C16H13N2O2S/c1-17-14-4-2-3-5-15(14)21-16(17)11-8-12-6-9-13(10-7-12)18(19)20/h2-11H,1H3/q+1/b11-8-. The lowest BCUT2D eigenvalue weighted by Gasteiger charge is -1.92. The van der Waals surface area contributed by atoms with Gasteiger partial charge in [0.1, 0.15) is 11.7 Å². The van der Waals surface area contributed by atoms with Crippen LogP contribution in [0.4, 0.5) is 5.69 Å². The highest BCUT2D eigenvalue weighted by molar-refractivity contribution is 7.18. The van der Waals surface area contributed by atoms with Gasteiger partial charge < -0.3 is 0 Å². The van der Waals surface area contributed by atoms with Crippen molar-refractivity contribution in [2.45, 2.75) is 0 Å². The van der Waals surface area contributed by atoms with Gasteiger partial charge in [-0.1, -0.05) is 23.5 Å². The van der Waals surface area contributed by atoms with Crippen LogP contribution < -0.4 is 4.57 Å². The van der Waals surface area contributed by atoms with Gasteiger partial charge in [0.05, 0.1) is 4.92 Å². The lowest BCUT2D eigenvalue weighted by molar-refractivity contribution is -0.642. The van der Waals surface area contributed by atoms with Crippen LogP contribution in [0.1, 0.15) is 10.6 Å². The SMILES string of the molecule is C[n+]1c(/C=C\c2ccc([N+](=O)[O-])cc2)sc2ccccc21. The van der Waals surface area contributed by atoms with Crippen molar-refractivity contribution in [3.8, 4) is 0 Å². The summed E-state index contributed by atoms with van der Waals surface area (Å²) in [5, 5.41) is 11.8. The van der Waals surface area contributed by atoms with Gasteiger partial charge in [0.2, 0.25) is 5.52 Å². The molecule has 0 aliphatic carbocycles. The monoisotopic (exact) mass is 297 g/mol. The quantitative estimate of drug-likeness (QED) is 0.419. The molecular formula is C16H13N2O2S+. The molecule has 1 heterocycles. The zero-order chi connectivity index (χ0) is 14.8. The first-order valence-corrected chi connectivity index (χ1v) is 7.27. The van der Waals surface area contributed by atoms with Gasteiger partial charge in [-0.3, -0.25) is 10.1 Å². The molecule has 0 aliphatic rings. The first kappa shape index (κ1) is 13.5. The second-order valence-electron chi connectivity index (χ2n) is 4.65. The zero-order valence-electron chi connectivity index (χ0n) is 11.4. The average molecular weight is 297 g/mol. The van der Waals surface area contributed by atoms with E-state index >= 15 is 0 Å². The largest absolute Gasteiger partial charge is 0.269 e. The van der Waals surface area contributed by atoms with Gasteiger partial charge in [-0.15, -0.1) is 0 Å². The summed E-state index contributed by atoms with van der Waals surface area (Å²) in [6.07, 6.45) is 4.00. The summed E-state index contributed by atoms with van der Waals surface area (Å²) in [5.74, 6) is 0. The van der Waals surface area contributed by atoms with Gasteiger partial charge in [0.15, 0.2) is 0 Å². The third-order valence-electron chi connectivity index (χ3n) is 3.29. The number of nitro groups is 1. The topological polar surface area (TPSA) is 47.0 Å². The summed E-state index contributed by atoms with van der Waals surface area (Å²) in [6, 6.07) is 14.8. The van der Waals surface area contributed by atoms with Crippen LogP contribution in [-0.2, 0) is 7.05 Å². The van der Waals surface area contributed by atoms with Crippen LogP contribution in [0.2, 0.25) is 0 Å².